The molecule has 0 bridgehead atoms. The van der Waals surface area contributed by atoms with Gasteiger partial charge in [-0.3, -0.25) is 19.9 Å². The molecule has 0 spiro atoms. The highest BCUT2D eigenvalue weighted by Gasteiger charge is 2.15. The molecule has 1 heterocycles. The van der Waals surface area contributed by atoms with E-state index in [9.17, 15) is 14.9 Å². The first-order valence-corrected chi connectivity index (χ1v) is 4.25. The summed E-state index contributed by atoms with van der Waals surface area (Å²) in [6.45, 7) is 1.72. The van der Waals surface area contributed by atoms with Gasteiger partial charge in [0.15, 0.2) is 0 Å². The maximum atomic E-state index is 11.1. The molecule has 14 heavy (non-hydrogen) atoms. The smallest absolute Gasteiger partial charge is 0.291 e. The summed E-state index contributed by atoms with van der Waals surface area (Å²) in [5, 5.41) is 10.5. The highest BCUT2D eigenvalue weighted by Crippen LogP contribution is 2.15. The maximum absolute atomic E-state index is 11.1. The van der Waals surface area contributed by atoms with Gasteiger partial charge < -0.3 is 0 Å². The van der Waals surface area contributed by atoms with Crippen molar-refractivity contribution in [2.75, 3.05) is 0 Å². The lowest BCUT2D eigenvalue weighted by atomic mass is 10.1. The van der Waals surface area contributed by atoms with Gasteiger partial charge in [0.2, 0.25) is 0 Å². The highest BCUT2D eigenvalue weighted by atomic mass is 16.6. The van der Waals surface area contributed by atoms with Crippen LogP contribution in [-0.4, -0.2) is 15.7 Å². The zero-order valence-electron chi connectivity index (χ0n) is 7.77. The Morgan fingerprint density at radius 1 is 1.64 bits per heavy atom. The standard InChI is InChI=1S/C9H10N2O3/c1-2-7(12)6-8-9(11(13)14)4-3-5-10-8/h3-5H,2,6H2,1H3. The molecule has 1 rings (SSSR count). The normalized spacial score (nSPS) is 9.79. The lowest BCUT2D eigenvalue weighted by Gasteiger charge is -1.98. The van der Waals surface area contributed by atoms with E-state index >= 15 is 0 Å². The molecule has 0 saturated heterocycles. The number of hydrogen-bond acceptors (Lipinski definition) is 4. The van der Waals surface area contributed by atoms with Crippen LogP contribution in [0, 0.1) is 10.1 Å². The van der Waals surface area contributed by atoms with Crippen LogP contribution in [0.5, 0.6) is 0 Å². The van der Waals surface area contributed by atoms with Gasteiger partial charge in [0.25, 0.3) is 5.69 Å². The van der Waals surface area contributed by atoms with Crippen LogP contribution < -0.4 is 0 Å². The fourth-order valence-electron chi connectivity index (χ4n) is 1.04. The number of rotatable bonds is 4. The van der Waals surface area contributed by atoms with Crippen molar-refractivity contribution in [1.29, 1.82) is 0 Å². The van der Waals surface area contributed by atoms with Gasteiger partial charge in [-0.1, -0.05) is 6.92 Å². The van der Waals surface area contributed by atoms with E-state index < -0.39 is 4.92 Å². The van der Waals surface area contributed by atoms with Gasteiger partial charge in [-0.25, -0.2) is 0 Å². The molecule has 0 N–H and O–H groups in total. The van der Waals surface area contributed by atoms with Crippen LogP contribution in [0.4, 0.5) is 5.69 Å². The number of ketones is 1. The molecular formula is C9H10N2O3. The third-order valence-electron chi connectivity index (χ3n) is 1.82. The molecule has 1 aromatic heterocycles. The summed E-state index contributed by atoms with van der Waals surface area (Å²) in [4.78, 5) is 24.9. The van der Waals surface area contributed by atoms with Crippen molar-refractivity contribution in [3.8, 4) is 0 Å². The Labute approximate surface area is 80.9 Å². The van der Waals surface area contributed by atoms with E-state index in [4.69, 9.17) is 0 Å². The first kappa shape index (κ1) is 10.3. The number of carbonyl (C=O) groups is 1. The molecule has 0 atom stereocenters. The number of aromatic nitrogens is 1. The monoisotopic (exact) mass is 194 g/mol. The van der Waals surface area contributed by atoms with Crippen molar-refractivity contribution in [2.24, 2.45) is 0 Å². The van der Waals surface area contributed by atoms with Gasteiger partial charge in [-0.2, -0.15) is 0 Å². The molecule has 1 aromatic rings. The second kappa shape index (κ2) is 4.45. The minimum Gasteiger partial charge on any atom is -0.299 e. The van der Waals surface area contributed by atoms with E-state index in [1.165, 1.54) is 18.3 Å². The van der Waals surface area contributed by atoms with Crippen LogP contribution in [0.3, 0.4) is 0 Å². The fraction of sp³-hybridized carbons (Fsp3) is 0.333. The molecule has 0 aliphatic carbocycles. The number of nitrogens with zero attached hydrogens (tertiary/aromatic N) is 2. The van der Waals surface area contributed by atoms with E-state index in [0.29, 0.717) is 6.42 Å². The Hall–Kier alpha value is -1.78. The van der Waals surface area contributed by atoms with Crippen LogP contribution in [0.15, 0.2) is 18.3 Å². The maximum Gasteiger partial charge on any atom is 0.291 e. The van der Waals surface area contributed by atoms with Crippen LogP contribution in [0.25, 0.3) is 0 Å². The molecule has 5 heteroatoms. The molecule has 0 unspecified atom stereocenters. The van der Waals surface area contributed by atoms with E-state index in [1.807, 2.05) is 0 Å². The van der Waals surface area contributed by atoms with Crippen molar-refractivity contribution in [3.63, 3.8) is 0 Å². The topological polar surface area (TPSA) is 73.1 Å². The van der Waals surface area contributed by atoms with Gasteiger partial charge in [-0.05, 0) is 6.07 Å². The summed E-state index contributed by atoms with van der Waals surface area (Å²) in [6, 6.07) is 2.84. The first-order chi connectivity index (χ1) is 6.65. The minimum atomic E-state index is -0.523. The van der Waals surface area contributed by atoms with E-state index in [0.717, 1.165) is 0 Å². The van der Waals surface area contributed by atoms with Gasteiger partial charge in [0.05, 0.1) is 11.3 Å². The minimum absolute atomic E-state index is 0.0354. The largest absolute Gasteiger partial charge is 0.299 e. The zero-order chi connectivity index (χ0) is 10.6. The van der Waals surface area contributed by atoms with Crippen molar-refractivity contribution < 1.29 is 9.72 Å². The Morgan fingerprint density at radius 3 is 2.93 bits per heavy atom. The second-order valence-corrected chi connectivity index (χ2v) is 2.80. The lowest BCUT2D eigenvalue weighted by Crippen LogP contribution is -2.05. The third kappa shape index (κ3) is 2.35. The molecule has 0 aromatic carbocycles. The van der Waals surface area contributed by atoms with Gasteiger partial charge in [0.1, 0.15) is 11.5 Å². The Balaban J connectivity index is 2.95. The SMILES string of the molecule is CCC(=O)Cc1ncccc1[N+](=O)[O-]. The average molecular weight is 194 g/mol. The van der Waals surface area contributed by atoms with Crippen molar-refractivity contribution >= 4 is 11.5 Å². The third-order valence-corrected chi connectivity index (χ3v) is 1.82. The van der Waals surface area contributed by atoms with E-state index in [2.05, 4.69) is 4.98 Å². The molecule has 0 fully saturated rings. The Kier molecular flexibility index (Phi) is 3.28. The Bertz CT molecular complexity index is 363. The number of carbonyl (C=O) groups excluding carboxylic acids is 1. The van der Waals surface area contributed by atoms with Gasteiger partial charge in [0, 0.05) is 18.7 Å². The van der Waals surface area contributed by atoms with Crippen LogP contribution >= 0.6 is 0 Å². The molecule has 0 amide bonds. The molecule has 0 saturated carbocycles. The number of hydrogen-bond donors (Lipinski definition) is 0. The quantitative estimate of drug-likeness (QED) is 0.538. The van der Waals surface area contributed by atoms with Gasteiger partial charge >= 0.3 is 0 Å². The van der Waals surface area contributed by atoms with Crippen molar-refractivity contribution in [1.82, 2.24) is 4.98 Å². The highest BCUT2D eigenvalue weighted by molar-refractivity contribution is 5.80. The van der Waals surface area contributed by atoms with E-state index in [-0.39, 0.29) is 23.6 Å². The summed E-state index contributed by atoms with van der Waals surface area (Å²) in [5.74, 6) is -0.0493. The van der Waals surface area contributed by atoms with Crippen molar-refractivity contribution in [3.05, 3.63) is 34.1 Å². The summed E-state index contributed by atoms with van der Waals surface area (Å²) < 4.78 is 0. The summed E-state index contributed by atoms with van der Waals surface area (Å²) >= 11 is 0. The zero-order valence-corrected chi connectivity index (χ0v) is 7.77. The van der Waals surface area contributed by atoms with Gasteiger partial charge in [-0.15, -0.1) is 0 Å². The van der Waals surface area contributed by atoms with Crippen molar-refractivity contribution in [2.45, 2.75) is 19.8 Å². The van der Waals surface area contributed by atoms with Crippen LogP contribution in [-0.2, 0) is 11.2 Å². The molecule has 74 valence electrons. The predicted octanol–water partition coefficient (Wildman–Crippen LogP) is 1.51. The molecule has 5 nitrogen and oxygen atoms in total. The summed E-state index contributed by atoms with van der Waals surface area (Å²) in [6.07, 6.45) is 1.85. The van der Waals surface area contributed by atoms with E-state index in [1.54, 1.807) is 6.92 Å². The first-order valence-electron chi connectivity index (χ1n) is 4.25. The number of Topliss-reactive ketones (excluding diaryl/α,β-unsaturated/α-hetero) is 1. The molecule has 0 radical (unpaired) electrons. The van der Waals surface area contributed by atoms with Crippen LogP contribution in [0.1, 0.15) is 19.0 Å². The molecular weight excluding hydrogens is 184 g/mol. The number of pyridine rings is 1. The second-order valence-electron chi connectivity index (χ2n) is 2.80. The average Bonchev–Trinajstić information content (AvgIpc) is 2.18. The molecule has 0 aliphatic heterocycles. The molecule has 0 aliphatic rings. The Morgan fingerprint density at radius 2 is 2.36 bits per heavy atom. The van der Waals surface area contributed by atoms with Crippen LogP contribution in [0.2, 0.25) is 0 Å². The summed E-state index contributed by atoms with van der Waals surface area (Å²) in [7, 11) is 0. The lowest BCUT2D eigenvalue weighted by molar-refractivity contribution is -0.385. The fourth-order valence-corrected chi connectivity index (χ4v) is 1.04. The summed E-state index contributed by atoms with van der Waals surface area (Å²) in [5.41, 5.74) is 0.152. The predicted molar refractivity (Wildman–Crippen MR) is 49.9 cm³/mol. The number of nitro groups is 1.